The molecule has 0 bridgehead atoms. The zero-order chi connectivity index (χ0) is 17.6. The summed E-state index contributed by atoms with van der Waals surface area (Å²) < 4.78 is 27.0. The lowest BCUT2D eigenvalue weighted by Gasteiger charge is -2.20. The standard InChI is InChI=1S/C15H17BrN4O3S/c1-9(2)19-5-4-11-6-12(16)15(7-14(11)19)24(22,23)20-8-13(10(3)21)17-18-20/h6-8,10,21H,1,4-5H2,2-3H3. The molecule has 7 nitrogen and oxygen atoms in total. The van der Waals surface area contributed by atoms with Crippen LogP contribution in [0.1, 0.15) is 31.2 Å². The number of fused-ring (bicyclic) bond motifs is 1. The third-order valence-electron chi connectivity index (χ3n) is 3.93. The fourth-order valence-corrected chi connectivity index (χ4v) is 4.80. The third kappa shape index (κ3) is 2.76. The Labute approximate surface area is 148 Å². The number of benzene rings is 1. The number of aliphatic hydroxyl groups is 1. The SMILES string of the molecule is C=C(C)N1CCc2cc(Br)c(S(=O)(=O)n3cc(C(C)O)nn3)cc21. The van der Waals surface area contributed by atoms with Gasteiger partial charge in [0, 0.05) is 22.4 Å². The van der Waals surface area contributed by atoms with Gasteiger partial charge in [-0.15, -0.1) is 9.19 Å². The van der Waals surface area contributed by atoms with E-state index in [1.807, 2.05) is 17.9 Å². The Kier molecular flexibility index (Phi) is 4.27. The van der Waals surface area contributed by atoms with Crippen molar-refractivity contribution < 1.29 is 13.5 Å². The van der Waals surface area contributed by atoms with Gasteiger partial charge in [0.2, 0.25) is 0 Å². The van der Waals surface area contributed by atoms with Crippen molar-refractivity contribution in [1.82, 2.24) is 14.4 Å². The van der Waals surface area contributed by atoms with Gasteiger partial charge in [-0.05, 0) is 53.9 Å². The summed E-state index contributed by atoms with van der Waals surface area (Å²) in [6.07, 6.45) is 1.16. The number of allylic oxidation sites excluding steroid dienone is 1. The van der Waals surface area contributed by atoms with Crippen LogP contribution in [0.2, 0.25) is 0 Å². The van der Waals surface area contributed by atoms with Crippen molar-refractivity contribution in [1.29, 1.82) is 0 Å². The molecule has 0 aliphatic carbocycles. The van der Waals surface area contributed by atoms with Crippen LogP contribution in [0.15, 0.2) is 40.0 Å². The first-order valence-corrected chi connectivity index (χ1v) is 9.56. The summed E-state index contributed by atoms with van der Waals surface area (Å²) in [4.78, 5) is 2.08. The molecule has 0 saturated carbocycles. The highest BCUT2D eigenvalue weighted by Gasteiger charge is 2.28. The van der Waals surface area contributed by atoms with E-state index in [0.717, 1.165) is 34.0 Å². The smallest absolute Gasteiger partial charge is 0.285 e. The average molecular weight is 413 g/mol. The van der Waals surface area contributed by atoms with E-state index in [1.165, 1.54) is 13.1 Å². The molecule has 24 heavy (non-hydrogen) atoms. The van der Waals surface area contributed by atoms with Crippen LogP contribution in [0, 0.1) is 0 Å². The van der Waals surface area contributed by atoms with Gasteiger partial charge in [-0.3, -0.25) is 0 Å². The highest BCUT2D eigenvalue weighted by molar-refractivity contribution is 9.10. The van der Waals surface area contributed by atoms with E-state index >= 15 is 0 Å². The molecule has 9 heteroatoms. The summed E-state index contributed by atoms with van der Waals surface area (Å²) in [5.74, 6) is 0. The molecule has 1 aromatic heterocycles. The Hall–Kier alpha value is -1.71. The summed E-state index contributed by atoms with van der Waals surface area (Å²) in [5, 5.41) is 16.9. The minimum absolute atomic E-state index is 0.0939. The Morgan fingerprint density at radius 2 is 2.17 bits per heavy atom. The first-order valence-electron chi connectivity index (χ1n) is 7.33. The van der Waals surface area contributed by atoms with Crippen LogP contribution < -0.4 is 4.90 Å². The zero-order valence-corrected chi connectivity index (χ0v) is 15.7. The lowest BCUT2D eigenvalue weighted by atomic mass is 10.2. The van der Waals surface area contributed by atoms with E-state index in [0.29, 0.717) is 4.47 Å². The van der Waals surface area contributed by atoms with Crippen LogP contribution in [0.25, 0.3) is 0 Å². The van der Waals surface area contributed by atoms with Crippen LogP contribution in [0.4, 0.5) is 5.69 Å². The number of aromatic nitrogens is 3. The number of rotatable bonds is 4. The topological polar surface area (TPSA) is 88.3 Å². The second-order valence-corrected chi connectivity index (χ2v) is 8.36. The Bertz CT molecular complexity index is 921. The highest BCUT2D eigenvalue weighted by atomic mass is 79.9. The summed E-state index contributed by atoms with van der Waals surface area (Å²) in [6.45, 7) is 8.10. The van der Waals surface area contributed by atoms with Crippen LogP contribution in [0.3, 0.4) is 0 Å². The summed E-state index contributed by atoms with van der Waals surface area (Å²) in [5.41, 5.74) is 2.95. The number of nitrogens with zero attached hydrogens (tertiary/aromatic N) is 4. The second-order valence-electron chi connectivity index (χ2n) is 5.75. The molecule has 1 atom stereocenters. The van der Waals surface area contributed by atoms with Gasteiger partial charge in [0.15, 0.2) is 0 Å². The molecule has 1 unspecified atom stereocenters. The predicted octanol–water partition coefficient (Wildman–Crippen LogP) is 2.23. The van der Waals surface area contributed by atoms with E-state index in [4.69, 9.17) is 0 Å². The summed E-state index contributed by atoms with van der Waals surface area (Å²) in [6, 6.07) is 3.44. The quantitative estimate of drug-likeness (QED) is 0.827. The maximum Gasteiger partial charge on any atom is 0.285 e. The molecule has 1 N–H and O–H groups in total. The van der Waals surface area contributed by atoms with Crippen molar-refractivity contribution >= 4 is 31.6 Å². The van der Waals surface area contributed by atoms with Gasteiger partial charge < -0.3 is 10.0 Å². The van der Waals surface area contributed by atoms with Crippen molar-refractivity contribution in [2.45, 2.75) is 31.3 Å². The van der Waals surface area contributed by atoms with Gasteiger partial charge in [-0.1, -0.05) is 11.8 Å². The molecule has 1 aromatic carbocycles. The fourth-order valence-electron chi connectivity index (χ4n) is 2.65. The van der Waals surface area contributed by atoms with Gasteiger partial charge >= 0.3 is 0 Å². The number of halogens is 1. The van der Waals surface area contributed by atoms with Gasteiger partial charge in [-0.2, -0.15) is 8.42 Å². The average Bonchev–Trinajstić information content (AvgIpc) is 3.13. The second kappa shape index (κ2) is 5.98. The lowest BCUT2D eigenvalue weighted by Crippen LogP contribution is -2.18. The molecule has 0 saturated heterocycles. The van der Waals surface area contributed by atoms with Crippen molar-refractivity contribution in [3.05, 3.63) is 46.3 Å². The molecule has 0 spiro atoms. The van der Waals surface area contributed by atoms with Crippen molar-refractivity contribution in [3.8, 4) is 0 Å². The van der Waals surface area contributed by atoms with Gasteiger partial charge in [-0.25, -0.2) is 0 Å². The first kappa shape index (κ1) is 17.1. The van der Waals surface area contributed by atoms with Crippen molar-refractivity contribution in [3.63, 3.8) is 0 Å². The number of hydrogen-bond donors (Lipinski definition) is 1. The van der Waals surface area contributed by atoms with Gasteiger partial charge in [0.05, 0.1) is 12.3 Å². The molecular weight excluding hydrogens is 396 g/mol. The van der Waals surface area contributed by atoms with E-state index in [-0.39, 0.29) is 10.6 Å². The number of anilines is 1. The van der Waals surface area contributed by atoms with Gasteiger partial charge in [0.25, 0.3) is 10.0 Å². The van der Waals surface area contributed by atoms with Crippen LogP contribution in [-0.2, 0) is 16.4 Å². The monoisotopic (exact) mass is 412 g/mol. The van der Waals surface area contributed by atoms with Crippen LogP contribution >= 0.6 is 15.9 Å². The normalized spacial score (nSPS) is 15.4. The van der Waals surface area contributed by atoms with Gasteiger partial charge in [0.1, 0.15) is 10.6 Å². The van der Waals surface area contributed by atoms with E-state index < -0.39 is 16.1 Å². The van der Waals surface area contributed by atoms with Crippen molar-refractivity contribution in [2.24, 2.45) is 0 Å². The van der Waals surface area contributed by atoms with E-state index in [9.17, 15) is 13.5 Å². The zero-order valence-electron chi connectivity index (χ0n) is 13.3. The number of hydrogen-bond acceptors (Lipinski definition) is 6. The van der Waals surface area contributed by atoms with Crippen LogP contribution in [0.5, 0.6) is 0 Å². The molecule has 2 aromatic rings. The largest absolute Gasteiger partial charge is 0.387 e. The van der Waals surface area contributed by atoms with E-state index in [2.05, 4.69) is 32.8 Å². The minimum Gasteiger partial charge on any atom is -0.387 e. The minimum atomic E-state index is -3.92. The molecule has 3 rings (SSSR count). The molecule has 0 fully saturated rings. The lowest BCUT2D eigenvalue weighted by molar-refractivity contribution is 0.194. The molecule has 1 aliphatic rings. The molecular formula is C15H17BrN4O3S. The maximum absolute atomic E-state index is 12.9. The first-order chi connectivity index (χ1) is 11.2. The fraction of sp³-hybridized carbons (Fsp3) is 0.333. The number of aliphatic hydroxyl groups excluding tert-OH is 1. The summed E-state index contributed by atoms with van der Waals surface area (Å²) in [7, 11) is -3.92. The molecule has 1 aliphatic heterocycles. The third-order valence-corrected chi connectivity index (χ3v) is 6.42. The summed E-state index contributed by atoms with van der Waals surface area (Å²) >= 11 is 3.34. The molecule has 0 amide bonds. The molecule has 128 valence electrons. The van der Waals surface area contributed by atoms with Crippen molar-refractivity contribution in [2.75, 3.05) is 11.4 Å². The Morgan fingerprint density at radius 1 is 1.46 bits per heavy atom. The molecule has 2 heterocycles. The van der Waals surface area contributed by atoms with Crippen LogP contribution in [-0.4, -0.2) is 34.5 Å². The Balaban J connectivity index is 2.11. The van der Waals surface area contributed by atoms with E-state index in [1.54, 1.807) is 6.07 Å². The highest BCUT2D eigenvalue weighted by Crippen LogP contribution is 2.37. The molecule has 0 radical (unpaired) electrons. The predicted molar refractivity (Wildman–Crippen MR) is 93.2 cm³/mol. The maximum atomic E-state index is 12.9. The Morgan fingerprint density at radius 3 is 2.75 bits per heavy atom.